The zero-order valence-electron chi connectivity index (χ0n) is 7.55. The van der Waals surface area contributed by atoms with Crippen molar-refractivity contribution < 1.29 is 0 Å². The summed E-state index contributed by atoms with van der Waals surface area (Å²) in [5.74, 6) is 0. The van der Waals surface area contributed by atoms with Crippen LogP contribution >= 0.6 is 11.6 Å². The topological polar surface area (TPSA) is 26.0 Å². The summed E-state index contributed by atoms with van der Waals surface area (Å²) in [7, 11) is 0. The maximum absolute atomic E-state index is 6.07. The van der Waals surface area contributed by atoms with Crippen LogP contribution in [0, 0.1) is 0 Å². The lowest BCUT2D eigenvalue weighted by Crippen LogP contribution is -2.17. The van der Waals surface area contributed by atoms with Gasteiger partial charge in [0.25, 0.3) is 0 Å². The van der Waals surface area contributed by atoms with Crippen LogP contribution in [0.5, 0.6) is 0 Å². The number of nitrogens with two attached hydrogens (primary N) is 1. The molecule has 1 nitrogen and oxygen atoms in total. The smallest absolute Gasteiger partial charge is 0.0447 e. The second-order valence-electron chi connectivity index (χ2n) is 3.49. The van der Waals surface area contributed by atoms with Crippen molar-refractivity contribution in [1.29, 1.82) is 0 Å². The van der Waals surface area contributed by atoms with Crippen molar-refractivity contribution in [1.82, 2.24) is 0 Å². The molecule has 1 aliphatic carbocycles. The summed E-state index contributed by atoms with van der Waals surface area (Å²) in [4.78, 5) is 0. The summed E-state index contributed by atoms with van der Waals surface area (Å²) in [5, 5.41) is 0.851. The van der Waals surface area contributed by atoms with Crippen LogP contribution in [0.15, 0.2) is 23.8 Å². The molecular weight excluding hydrogens is 182 g/mol. The molecule has 0 amide bonds. The Labute approximate surface area is 83.2 Å². The van der Waals surface area contributed by atoms with Gasteiger partial charge in [0.1, 0.15) is 0 Å². The van der Waals surface area contributed by atoms with E-state index in [1.807, 2.05) is 19.1 Å². The Morgan fingerprint density at radius 2 is 2.23 bits per heavy atom. The molecule has 2 heteroatoms. The van der Waals surface area contributed by atoms with Crippen molar-refractivity contribution >= 4 is 17.7 Å². The van der Waals surface area contributed by atoms with Crippen LogP contribution in [0.25, 0.3) is 6.08 Å². The molecule has 1 aromatic rings. The molecule has 0 heterocycles. The van der Waals surface area contributed by atoms with Gasteiger partial charge in [0.05, 0.1) is 0 Å². The maximum atomic E-state index is 6.07. The van der Waals surface area contributed by atoms with Gasteiger partial charge >= 0.3 is 0 Å². The van der Waals surface area contributed by atoms with Gasteiger partial charge in [-0.2, -0.15) is 0 Å². The molecule has 0 aromatic heterocycles. The third-order valence-corrected chi connectivity index (χ3v) is 2.82. The fourth-order valence-electron chi connectivity index (χ4n) is 1.64. The molecule has 0 bridgehead atoms. The second kappa shape index (κ2) is 3.17. The minimum atomic E-state index is 0.128. The summed E-state index contributed by atoms with van der Waals surface area (Å²) in [6.45, 7) is 2.01. The maximum Gasteiger partial charge on any atom is 0.0447 e. The van der Waals surface area contributed by atoms with E-state index in [0.29, 0.717) is 0 Å². The van der Waals surface area contributed by atoms with Crippen molar-refractivity contribution in [3.63, 3.8) is 0 Å². The molecule has 0 radical (unpaired) electrons. The molecule has 0 spiro atoms. The largest absolute Gasteiger partial charge is 0.324 e. The van der Waals surface area contributed by atoms with Crippen LogP contribution in [-0.4, -0.2) is 6.04 Å². The third-order valence-electron chi connectivity index (χ3n) is 2.46. The average Bonchev–Trinajstić information content (AvgIpc) is 2.49. The predicted octanol–water partition coefficient (Wildman–Crippen LogP) is 2.63. The minimum absolute atomic E-state index is 0.128. The number of fused-ring (bicyclic) bond motifs is 1. The second-order valence-corrected chi connectivity index (χ2v) is 3.90. The Hall–Kier alpha value is -0.790. The Balaban J connectivity index is 2.41. The van der Waals surface area contributed by atoms with E-state index in [4.69, 9.17) is 17.3 Å². The van der Waals surface area contributed by atoms with Gasteiger partial charge in [0.2, 0.25) is 0 Å². The van der Waals surface area contributed by atoms with E-state index in [1.165, 1.54) is 16.7 Å². The Morgan fingerprint density at radius 1 is 1.46 bits per heavy atom. The molecule has 1 atom stereocenters. The zero-order chi connectivity index (χ0) is 9.42. The first-order chi connectivity index (χ1) is 6.18. The van der Waals surface area contributed by atoms with Crippen LogP contribution in [0.2, 0.25) is 5.02 Å². The lowest BCUT2D eigenvalue weighted by molar-refractivity contribution is 0.841. The zero-order valence-corrected chi connectivity index (χ0v) is 8.31. The minimum Gasteiger partial charge on any atom is -0.324 e. The number of hydrogen-bond donors (Lipinski definition) is 1. The molecule has 0 saturated carbocycles. The van der Waals surface area contributed by atoms with Gasteiger partial charge in [-0.3, -0.25) is 0 Å². The van der Waals surface area contributed by atoms with Gasteiger partial charge in [0.15, 0.2) is 0 Å². The molecule has 2 N–H and O–H groups in total. The quantitative estimate of drug-likeness (QED) is 0.729. The monoisotopic (exact) mass is 193 g/mol. The molecule has 0 fully saturated rings. The Kier molecular flexibility index (Phi) is 2.14. The van der Waals surface area contributed by atoms with Gasteiger partial charge in [0, 0.05) is 11.1 Å². The van der Waals surface area contributed by atoms with Gasteiger partial charge in [-0.1, -0.05) is 29.8 Å². The fourth-order valence-corrected chi connectivity index (χ4v) is 1.89. The van der Waals surface area contributed by atoms with E-state index < -0.39 is 0 Å². The summed E-state index contributed by atoms with van der Waals surface area (Å²) in [6, 6.07) is 6.11. The van der Waals surface area contributed by atoms with E-state index >= 15 is 0 Å². The van der Waals surface area contributed by atoms with Crippen molar-refractivity contribution in [2.45, 2.75) is 19.4 Å². The SMILES string of the molecule is CC(N)C1=Cc2cccc(Cl)c2C1. The van der Waals surface area contributed by atoms with Gasteiger partial charge < -0.3 is 5.73 Å². The highest BCUT2D eigenvalue weighted by Crippen LogP contribution is 2.31. The summed E-state index contributed by atoms with van der Waals surface area (Å²) < 4.78 is 0. The molecule has 1 unspecified atom stereocenters. The van der Waals surface area contributed by atoms with E-state index in [0.717, 1.165) is 11.4 Å². The van der Waals surface area contributed by atoms with Gasteiger partial charge in [-0.05, 0) is 36.1 Å². The van der Waals surface area contributed by atoms with Crippen molar-refractivity contribution in [3.05, 3.63) is 39.9 Å². The summed E-state index contributed by atoms with van der Waals surface area (Å²) in [6.07, 6.45) is 3.05. The lowest BCUT2D eigenvalue weighted by Gasteiger charge is -2.05. The number of hydrogen-bond acceptors (Lipinski definition) is 1. The van der Waals surface area contributed by atoms with Gasteiger partial charge in [-0.25, -0.2) is 0 Å². The van der Waals surface area contributed by atoms with Crippen molar-refractivity contribution in [2.75, 3.05) is 0 Å². The summed E-state index contributed by atoms with van der Waals surface area (Å²) >= 11 is 6.07. The third kappa shape index (κ3) is 1.50. The first-order valence-electron chi connectivity index (χ1n) is 4.42. The van der Waals surface area contributed by atoms with E-state index in [2.05, 4.69) is 12.1 Å². The summed E-state index contributed by atoms with van der Waals surface area (Å²) in [5.41, 5.74) is 9.52. The molecular formula is C11H12ClN. The van der Waals surface area contributed by atoms with Crippen LogP contribution in [0.1, 0.15) is 18.1 Å². The van der Waals surface area contributed by atoms with Crippen LogP contribution in [0.4, 0.5) is 0 Å². The molecule has 0 saturated heterocycles. The van der Waals surface area contributed by atoms with Crippen LogP contribution in [-0.2, 0) is 6.42 Å². The van der Waals surface area contributed by atoms with Crippen LogP contribution in [0.3, 0.4) is 0 Å². The average molecular weight is 194 g/mol. The number of benzene rings is 1. The predicted molar refractivity (Wildman–Crippen MR) is 56.8 cm³/mol. The lowest BCUT2D eigenvalue weighted by atomic mass is 10.1. The highest BCUT2D eigenvalue weighted by Gasteiger charge is 2.16. The highest BCUT2D eigenvalue weighted by molar-refractivity contribution is 6.31. The van der Waals surface area contributed by atoms with Crippen LogP contribution < -0.4 is 5.73 Å². The molecule has 2 rings (SSSR count). The molecule has 68 valence electrons. The molecule has 1 aromatic carbocycles. The first kappa shape index (κ1) is 8.79. The normalized spacial score (nSPS) is 16.7. The number of halogens is 1. The fraction of sp³-hybridized carbons (Fsp3) is 0.273. The van der Waals surface area contributed by atoms with E-state index in [-0.39, 0.29) is 6.04 Å². The van der Waals surface area contributed by atoms with E-state index in [9.17, 15) is 0 Å². The molecule has 1 aliphatic rings. The highest BCUT2D eigenvalue weighted by atomic mass is 35.5. The van der Waals surface area contributed by atoms with Crippen molar-refractivity contribution in [3.8, 4) is 0 Å². The van der Waals surface area contributed by atoms with E-state index in [1.54, 1.807) is 0 Å². The van der Waals surface area contributed by atoms with Crippen molar-refractivity contribution in [2.24, 2.45) is 5.73 Å². The van der Waals surface area contributed by atoms with Gasteiger partial charge in [-0.15, -0.1) is 0 Å². The standard InChI is InChI=1S/C11H12ClN/c1-7(13)9-5-8-3-2-4-11(12)10(8)6-9/h2-5,7H,6,13H2,1H3. The number of rotatable bonds is 1. The first-order valence-corrected chi connectivity index (χ1v) is 4.79. The Morgan fingerprint density at radius 3 is 2.85 bits per heavy atom. The molecule has 13 heavy (non-hydrogen) atoms. The molecule has 0 aliphatic heterocycles. The Bertz CT molecular complexity index is 366.